The van der Waals surface area contributed by atoms with Crippen LogP contribution < -0.4 is 16.4 Å². The van der Waals surface area contributed by atoms with E-state index in [2.05, 4.69) is 15.8 Å². The van der Waals surface area contributed by atoms with Crippen molar-refractivity contribution in [1.82, 2.24) is 5.16 Å². The van der Waals surface area contributed by atoms with Crippen molar-refractivity contribution in [3.63, 3.8) is 0 Å². The van der Waals surface area contributed by atoms with Crippen LogP contribution in [0.5, 0.6) is 0 Å². The Bertz CT molecular complexity index is 619. The number of anilines is 2. The van der Waals surface area contributed by atoms with Crippen LogP contribution in [0.15, 0.2) is 34.9 Å². The molecule has 0 saturated heterocycles. The number of aromatic nitrogens is 1. The summed E-state index contributed by atoms with van der Waals surface area (Å²) in [7, 11) is 0. The predicted octanol–water partition coefficient (Wildman–Crippen LogP) is 1.13. The van der Waals surface area contributed by atoms with Crippen molar-refractivity contribution in [3.8, 4) is 0 Å². The SMILES string of the molecule is Cc1cc(NC(=O)CNc2ccc(C(N)=O)cc2)no1. The highest BCUT2D eigenvalue weighted by Gasteiger charge is 2.06. The Morgan fingerprint density at radius 3 is 2.55 bits per heavy atom. The van der Waals surface area contributed by atoms with Gasteiger partial charge in [-0.05, 0) is 31.2 Å². The monoisotopic (exact) mass is 274 g/mol. The molecular formula is C13H14N4O3. The summed E-state index contributed by atoms with van der Waals surface area (Å²) >= 11 is 0. The van der Waals surface area contributed by atoms with Crippen molar-refractivity contribution in [2.75, 3.05) is 17.2 Å². The minimum atomic E-state index is -0.490. The fourth-order valence-corrected chi connectivity index (χ4v) is 1.55. The second kappa shape index (κ2) is 5.87. The molecule has 0 atom stereocenters. The van der Waals surface area contributed by atoms with Gasteiger partial charge >= 0.3 is 0 Å². The van der Waals surface area contributed by atoms with E-state index >= 15 is 0 Å². The van der Waals surface area contributed by atoms with E-state index in [4.69, 9.17) is 10.3 Å². The molecule has 0 radical (unpaired) electrons. The van der Waals surface area contributed by atoms with Crippen LogP contribution >= 0.6 is 0 Å². The first-order chi connectivity index (χ1) is 9.54. The molecule has 2 amide bonds. The molecule has 2 rings (SSSR count). The highest BCUT2D eigenvalue weighted by molar-refractivity contribution is 5.94. The van der Waals surface area contributed by atoms with Gasteiger partial charge in [-0.15, -0.1) is 0 Å². The number of nitrogens with one attached hydrogen (secondary N) is 2. The van der Waals surface area contributed by atoms with Crippen LogP contribution in [0.25, 0.3) is 0 Å². The fraction of sp³-hybridized carbons (Fsp3) is 0.154. The third kappa shape index (κ3) is 3.58. The van der Waals surface area contributed by atoms with Crippen molar-refractivity contribution in [3.05, 3.63) is 41.7 Å². The Kier molecular flexibility index (Phi) is 3.99. The molecule has 0 fully saturated rings. The number of carbonyl (C=O) groups excluding carboxylic acids is 2. The average Bonchev–Trinajstić information content (AvgIpc) is 2.82. The molecule has 1 aromatic carbocycles. The summed E-state index contributed by atoms with van der Waals surface area (Å²) < 4.78 is 4.83. The fourth-order valence-electron chi connectivity index (χ4n) is 1.55. The quantitative estimate of drug-likeness (QED) is 0.757. The zero-order valence-corrected chi connectivity index (χ0v) is 10.8. The minimum Gasteiger partial charge on any atom is -0.376 e. The van der Waals surface area contributed by atoms with Crippen LogP contribution in [-0.4, -0.2) is 23.5 Å². The molecule has 104 valence electrons. The Morgan fingerprint density at radius 2 is 2.00 bits per heavy atom. The standard InChI is InChI=1S/C13H14N4O3/c1-8-6-11(17-20-8)16-12(18)7-15-10-4-2-9(3-5-10)13(14)19/h2-6,15H,7H2,1H3,(H2,14,19)(H,16,17,18). The van der Waals surface area contributed by atoms with E-state index in [1.165, 1.54) is 0 Å². The predicted molar refractivity (Wildman–Crippen MR) is 73.3 cm³/mol. The highest BCUT2D eigenvalue weighted by atomic mass is 16.5. The molecule has 1 aromatic heterocycles. The normalized spacial score (nSPS) is 10.1. The molecule has 2 aromatic rings. The smallest absolute Gasteiger partial charge is 0.248 e. The molecule has 0 saturated carbocycles. The van der Waals surface area contributed by atoms with Gasteiger partial charge in [-0.1, -0.05) is 5.16 Å². The molecule has 0 bridgehead atoms. The van der Waals surface area contributed by atoms with E-state index in [0.717, 1.165) is 0 Å². The van der Waals surface area contributed by atoms with Crippen molar-refractivity contribution in [1.29, 1.82) is 0 Å². The zero-order chi connectivity index (χ0) is 14.5. The maximum Gasteiger partial charge on any atom is 0.248 e. The van der Waals surface area contributed by atoms with Crippen LogP contribution in [0.1, 0.15) is 16.1 Å². The van der Waals surface area contributed by atoms with E-state index in [1.54, 1.807) is 37.3 Å². The van der Waals surface area contributed by atoms with Gasteiger partial charge in [-0.3, -0.25) is 9.59 Å². The molecule has 0 unspecified atom stereocenters. The van der Waals surface area contributed by atoms with E-state index in [-0.39, 0.29) is 12.5 Å². The average molecular weight is 274 g/mol. The van der Waals surface area contributed by atoms with Gasteiger partial charge in [0.05, 0.1) is 6.54 Å². The third-order valence-electron chi connectivity index (χ3n) is 2.52. The van der Waals surface area contributed by atoms with Crippen molar-refractivity contribution < 1.29 is 14.1 Å². The van der Waals surface area contributed by atoms with E-state index in [1.807, 2.05) is 0 Å². The van der Waals surface area contributed by atoms with Gasteiger partial charge in [0.1, 0.15) is 5.76 Å². The third-order valence-corrected chi connectivity index (χ3v) is 2.52. The van der Waals surface area contributed by atoms with Gasteiger partial charge in [-0.25, -0.2) is 0 Å². The Morgan fingerprint density at radius 1 is 1.30 bits per heavy atom. The van der Waals surface area contributed by atoms with Gasteiger partial charge in [-0.2, -0.15) is 0 Å². The zero-order valence-electron chi connectivity index (χ0n) is 10.8. The number of benzene rings is 1. The number of nitrogens with two attached hydrogens (primary N) is 1. The lowest BCUT2D eigenvalue weighted by atomic mass is 10.2. The molecule has 0 aliphatic rings. The number of rotatable bonds is 5. The first kappa shape index (κ1) is 13.6. The summed E-state index contributed by atoms with van der Waals surface area (Å²) in [6.07, 6.45) is 0. The summed E-state index contributed by atoms with van der Waals surface area (Å²) in [5.41, 5.74) is 6.26. The number of primary amides is 1. The molecule has 0 aliphatic heterocycles. The molecule has 1 heterocycles. The number of amides is 2. The highest BCUT2D eigenvalue weighted by Crippen LogP contribution is 2.09. The van der Waals surface area contributed by atoms with Crippen LogP contribution in [0.3, 0.4) is 0 Å². The molecule has 7 heteroatoms. The second-order valence-corrected chi connectivity index (χ2v) is 4.17. The largest absolute Gasteiger partial charge is 0.376 e. The van der Waals surface area contributed by atoms with Crippen LogP contribution in [0, 0.1) is 6.92 Å². The first-order valence-corrected chi connectivity index (χ1v) is 5.91. The summed E-state index contributed by atoms with van der Waals surface area (Å²) in [6, 6.07) is 8.15. The number of hydrogen-bond acceptors (Lipinski definition) is 5. The van der Waals surface area contributed by atoms with E-state index in [9.17, 15) is 9.59 Å². The lowest BCUT2D eigenvalue weighted by molar-refractivity contribution is -0.114. The van der Waals surface area contributed by atoms with Crippen LogP contribution in [-0.2, 0) is 4.79 Å². The van der Waals surface area contributed by atoms with Crippen molar-refractivity contribution in [2.24, 2.45) is 5.73 Å². The van der Waals surface area contributed by atoms with Gasteiger partial charge in [0, 0.05) is 17.3 Å². The summed E-state index contributed by atoms with van der Waals surface area (Å²) in [4.78, 5) is 22.5. The summed E-state index contributed by atoms with van der Waals surface area (Å²) in [5.74, 6) is 0.252. The van der Waals surface area contributed by atoms with Crippen molar-refractivity contribution >= 4 is 23.3 Å². The van der Waals surface area contributed by atoms with Gasteiger partial charge in [0.25, 0.3) is 0 Å². The first-order valence-electron chi connectivity index (χ1n) is 5.91. The van der Waals surface area contributed by atoms with Gasteiger partial charge in [0.15, 0.2) is 5.82 Å². The molecular weight excluding hydrogens is 260 g/mol. The maximum atomic E-state index is 11.6. The molecule has 0 spiro atoms. The van der Waals surface area contributed by atoms with E-state index in [0.29, 0.717) is 22.8 Å². The molecule has 0 aliphatic carbocycles. The second-order valence-electron chi connectivity index (χ2n) is 4.17. The Hall–Kier alpha value is -2.83. The lowest BCUT2D eigenvalue weighted by Gasteiger charge is -2.06. The number of carbonyl (C=O) groups is 2. The number of hydrogen-bond donors (Lipinski definition) is 3. The van der Waals surface area contributed by atoms with Gasteiger partial charge < -0.3 is 20.9 Å². The summed E-state index contributed by atoms with van der Waals surface area (Å²) in [5, 5.41) is 9.15. The Balaban J connectivity index is 1.85. The number of aryl methyl sites for hydroxylation is 1. The van der Waals surface area contributed by atoms with Crippen molar-refractivity contribution in [2.45, 2.75) is 6.92 Å². The Labute approximate surface area is 115 Å². The number of nitrogens with zero attached hydrogens (tertiary/aromatic N) is 1. The maximum absolute atomic E-state index is 11.6. The lowest BCUT2D eigenvalue weighted by Crippen LogP contribution is -2.22. The molecule has 20 heavy (non-hydrogen) atoms. The van der Waals surface area contributed by atoms with Crippen LogP contribution in [0.2, 0.25) is 0 Å². The van der Waals surface area contributed by atoms with Crippen LogP contribution in [0.4, 0.5) is 11.5 Å². The molecule has 4 N–H and O–H groups in total. The topological polar surface area (TPSA) is 110 Å². The van der Waals surface area contributed by atoms with Gasteiger partial charge in [0.2, 0.25) is 11.8 Å². The minimum absolute atomic E-state index is 0.0713. The molecule has 7 nitrogen and oxygen atoms in total. The summed E-state index contributed by atoms with van der Waals surface area (Å²) in [6.45, 7) is 1.81. The van der Waals surface area contributed by atoms with E-state index < -0.39 is 5.91 Å².